The van der Waals surface area contributed by atoms with E-state index in [4.69, 9.17) is 0 Å². The third kappa shape index (κ3) is 4.95. The third-order valence-electron chi connectivity index (χ3n) is 6.35. The molecule has 2 aliphatic rings. The molecule has 2 heterocycles. The van der Waals surface area contributed by atoms with E-state index in [2.05, 4.69) is 10.4 Å². The molecule has 2 aliphatic heterocycles. The van der Waals surface area contributed by atoms with Crippen LogP contribution in [0.1, 0.15) is 33.6 Å². The summed E-state index contributed by atoms with van der Waals surface area (Å²) < 4.78 is 0. The van der Waals surface area contributed by atoms with Crippen molar-refractivity contribution in [2.45, 2.75) is 19.0 Å². The number of amides is 1. The lowest BCUT2D eigenvalue weighted by molar-refractivity contribution is -0.385. The van der Waals surface area contributed by atoms with Crippen LogP contribution in [0.5, 0.6) is 0 Å². The van der Waals surface area contributed by atoms with Crippen LogP contribution >= 0.6 is 0 Å². The zero-order valence-corrected chi connectivity index (χ0v) is 20.1. The molecule has 1 N–H and O–H groups in total. The minimum Gasteiger partial charge on any atom is -0.294 e. The van der Waals surface area contributed by atoms with Gasteiger partial charge in [-0.3, -0.25) is 39.6 Å². The first kappa shape index (κ1) is 25.3. The highest BCUT2D eigenvalue weighted by Gasteiger charge is 2.43. The number of carbonyl (C=O) groups excluding carboxylic acids is 3. The predicted octanol–water partition coefficient (Wildman–Crippen LogP) is 3.98. The molecule has 1 fully saturated rings. The van der Waals surface area contributed by atoms with Gasteiger partial charge in [0, 0.05) is 47.5 Å². The molecule has 12 nitrogen and oxygen atoms in total. The normalized spacial score (nSPS) is 16.2. The number of fused-ring (bicyclic) bond motifs is 1. The second-order valence-corrected chi connectivity index (χ2v) is 8.79. The van der Waals surface area contributed by atoms with Crippen LogP contribution in [-0.4, -0.2) is 39.2 Å². The van der Waals surface area contributed by atoms with Crippen LogP contribution < -0.4 is 10.4 Å². The van der Waals surface area contributed by atoms with Gasteiger partial charge in [-0.15, -0.1) is 0 Å². The van der Waals surface area contributed by atoms with Crippen molar-refractivity contribution in [3.8, 4) is 0 Å². The quantitative estimate of drug-likeness (QED) is 0.249. The lowest BCUT2D eigenvalue weighted by Crippen LogP contribution is -2.37. The fourth-order valence-corrected chi connectivity index (χ4v) is 4.48. The van der Waals surface area contributed by atoms with Crippen molar-refractivity contribution in [2.24, 2.45) is 4.99 Å². The van der Waals surface area contributed by atoms with Crippen molar-refractivity contribution >= 4 is 40.2 Å². The largest absolute Gasteiger partial charge is 0.294 e. The molecule has 1 amide bonds. The number of carbonyl (C=O) groups is 3. The fraction of sp³-hybridized carbons (Fsp3) is 0.111. The monoisotopic (exact) mass is 525 g/mol. The number of hydrogen-bond donors (Lipinski definition) is 1. The van der Waals surface area contributed by atoms with E-state index in [9.17, 15) is 34.6 Å². The van der Waals surface area contributed by atoms with E-state index in [1.165, 1.54) is 41.4 Å². The molecular weight excluding hydrogens is 506 g/mol. The number of ketones is 2. The van der Waals surface area contributed by atoms with Crippen LogP contribution in [-0.2, 0) is 4.79 Å². The number of rotatable bonds is 9. The molecule has 194 valence electrons. The summed E-state index contributed by atoms with van der Waals surface area (Å²) in [4.78, 5) is 65.4. The standard InChI is InChI=1S/C27H19N5O7/c33-23(16-6-4-10-19(12-16)31(36)37)14-21-22(15-24(34)17-7-5-11-20(13-17)32(38)39)28-26-25(21)27(35)30(29-26)18-8-2-1-3-9-18/h1-13,26,29H,14-15H2. The molecule has 0 saturated carbocycles. The van der Waals surface area contributed by atoms with Gasteiger partial charge in [0.15, 0.2) is 11.6 Å². The second-order valence-electron chi connectivity index (χ2n) is 8.79. The average molecular weight is 525 g/mol. The summed E-state index contributed by atoms with van der Waals surface area (Å²) in [5, 5.41) is 23.6. The third-order valence-corrected chi connectivity index (χ3v) is 6.35. The highest BCUT2D eigenvalue weighted by Crippen LogP contribution is 2.34. The minimum absolute atomic E-state index is 0.0726. The summed E-state index contributed by atoms with van der Waals surface area (Å²) in [5.74, 6) is -1.43. The zero-order chi connectivity index (χ0) is 27.7. The SMILES string of the molecule is O=C(CC1=NC2NN(c3ccccc3)C(=O)C2=C1CC(=O)c1cccc([N+](=O)[O-])c1)c1cccc([N+](=O)[O-])c1. The van der Waals surface area contributed by atoms with Gasteiger partial charge < -0.3 is 0 Å². The molecule has 3 aromatic rings. The summed E-state index contributed by atoms with van der Waals surface area (Å²) >= 11 is 0. The van der Waals surface area contributed by atoms with E-state index in [1.54, 1.807) is 30.3 Å². The van der Waals surface area contributed by atoms with E-state index in [-0.39, 0.29) is 52.2 Å². The molecule has 0 aromatic heterocycles. The van der Waals surface area contributed by atoms with Gasteiger partial charge in [0.1, 0.15) is 6.17 Å². The highest BCUT2D eigenvalue weighted by atomic mass is 16.6. The van der Waals surface area contributed by atoms with Gasteiger partial charge in [0.2, 0.25) is 0 Å². The summed E-state index contributed by atoms with van der Waals surface area (Å²) in [6, 6.07) is 19.2. The molecule has 3 aromatic carbocycles. The van der Waals surface area contributed by atoms with Gasteiger partial charge in [-0.1, -0.05) is 42.5 Å². The smallest absolute Gasteiger partial charge is 0.272 e. The minimum atomic E-state index is -0.849. The Labute approximate surface area is 220 Å². The van der Waals surface area contributed by atoms with Gasteiger partial charge in [0.05, 0.1) is 27.5 Å². The van der Waals surface area contributed by atoms with Crippen LogP contribution in [0.15, 0.2) is 95.0 Å². The van der Waals surface area contributed by atoms with E-state index < -0.39 is 33.5 Å². The number of hydrazine groups is 1. The predicted molar refractivity (Wildman–Crippen MR) is 139 cm³/mol. The molecule has 1 saturated heterocycles. The second kappa shape index (κ2) is 10.2. The number of para-hydroxylation sites is 1. The number of nitro groups is 2. The molecule has 0 spiro atoms. The molecule has 0 aliphatic carbocycles. The Hall–Kier alpha value is -5.36. The number of non-ortho nitro benzene ring substituents is 2. The van der Waals surface area contributed by atoms with Crippen molar-refractivity contribution in [2.75, 3.05) is 5.01 Å². The summed E-state index contributed by atoms with van der Waals surface area (Å²) in [7, 11) is 0. The first-order valence-corrected chi connectivity index (χ1v) is 11.7. The zero-order valence-electron chi connectivity index (χ0n) is 20.1. The topological polar surface area (TPSA) is 165 Å². The lowest BCUT2D eigenvalue weighted by atomic mass is 9.92. The number of benzene rings is 3. The van der Waals surface area contributed by atoms with Crippen molar-refractivity contribution in [1.29, 1.82) is 0 Å². The van der Waals surface area contributed by atoms with Crippen LogP contribution in [0.3, 0.4) is 0 Å². The lowest BCUT2D eigenvalue weighted by Gasteiger charge is -2.17. The molecule has 0 bridgehead atoms. The fourth-order valence-electron chi connectivity index (χ4n) is 4.48. The maximum atomic E-state index is 13.5. The Bertz CT molecular complexity index is 1610. The summed E-state index contributed by atoms with van der Waals surface area (Å²) in [5.41, 5.74) is 3.83. The Balaban J connectivity index is 1.48. The van der Waals surface area contributed by atoms with Crippen LogP contribution in [0, 0.1) is 20.2 Å². The van der Waals surface area contributed by atoms with E-state index in [0.717, 1.165) is 12.1 Å². The number of nitro benzene ring substituents is 2. The van der Waals surface area contributed by atoms with Crippen LogP contribution in [0.4, 0.5) is 17.1 Å². The highest BCUT2D eigenvalue weighted by molar-refractivity contribution is 6.24. The van der Waals surface area contributed by atoms with Crippen LogP contribution in [0.25, 0.3) is 0 Å². The van der Waals surface area contributed by atoms with E-state index >= 15 is 0 Å². The number of hydrogen-bond acceptors (Lipinski definition) is 9. The molecule has 1 atom stereocenters. The van der Waals surface area contributed by atoms with Crippen molar-refractivity contribution in [3.63, 3.8) is 0 Å². The van der Waals surface area contributed by atoms with Gasteiger partial charge >= 0.3 is 0 Å². The number of allylic oxidation sites excluding steroid dienone is 1. The van der Waals surface area contributed by atoms with Crippen molar-refractivity contribution in [3.05, 3.63) is 121 Å². The van der Waals surface area contributed by atoms with Gasteiger partial charge in [-0.25, -0.2) is 5.01 Å². The average Bonchev–Trinajstić information content (AvgIpc) is 3.44. The Morgan fingerprint density at radius 1 is 0.821 bits per heavy atom. The van der Waals surface area contributed by atoms with E-state index in [1.807, 2.05) is 0 Å². The number of Topliss-reactive ketones (excluding diaryl/α,β-unsaturated/α-hetero) is 2. The van der Waals surface area contributed by atoms with Gasteiger partial charge in [-0.2, -0.15) is 5.43 Å². The Kier molecular flexibility index (Phi) is 6.61. The van der Waals surface area contributed by atoms with Gasteiger partial charge in [0.25, 0.3) is 17.3 Å². The molecule has 0 radical (unpaired) electrons. The number of anilines is 1. The first-order chi connectivity index (χ1) is 18.7. The van der Waals surface area contributed by atoms with Gasteiger partial charge in [-0.05, 0) is 17.7 Å². The molecule has 1 unspecified atom stereocenters. The number of nitrogens with zero attached hydrogens (tertiary/aromatic N) is 4. The first-order valence-electron chi connectivity index (χ1n) is 11.7. The van der Waals surface area contributed by atoms with Crippen molar-refractivity contribution < 1.29 is 24.2 Å². The molecule has 39 heavy (non-hydrogen) atoms. The maximum absolute atomic E-state index is 13.5. The molecule has 12 heteroatoms. The maximum Gasteiger partial charge on any atom is 0.272 e. The summed E-state index contributed by atoms with van der Waals surface area (Å²) in [6.07, 6.45) is -1.48. The van der Waals surface area contributed by atoms with E-state index in [0.29, 0.717) is 5.69 Å². The molecular formula is C27H19N5O7. The number of aliphatic imine (C=N–C) groups is 1. The summed E-state index contributed by atoms with van der Waals surface area (Å²) in [6.45, 7) is 0. The van der Waals surface area contributed by atoms with Crippen molar-refractivity contribution in [1.82, 2.24) is 5.43 Å². The van der Waals surface area contributed by atoms with Crippen LogP contribution in [0.2, 0.25) is 0 Å². The number of nitrogens with one attached hydrogen (secondary N) is 1. The Morgan fingerprint density at radius 2 is 1.38 bits per heavy atom. The molecule has 5 rings (SSSR count). The Morgan fingerprint density at radius 3 is 1.95 bits per heavy atom.